The van der Waals surface area contributed by atoms with Crippen LogP contribution in [0.3, 0.4) is 0 Å². The van der Waals surface area contributed by atoms with Gasteiger partial charge in [0.2, 0.25) is 5.91 Å². The molecule has 88 valence electrons. The van der Waals surface area contributed by atoms with E-state index in [-0.39, 0.29) is 17.4 Å². The van der Waals surface area contributed by atoms with Gasteiger partial charge in [0.05, 0.1) is 12.6 Å². The predicted molar refractivity (Wildman–Crippen MR) is 59.4 cm³/mol. The van der Waals surface area contributed by atoms with E-state index in [9.17, 15) is 4.79 Å². The second-order valence-corrected chi connectivity index (χ2v) is 4.63. The van der Waals surface area contributed by atoms with Crippen molar-refractivity contribution >= 4 is 5.91 Å². The number of carbonyl (C=O) groups is 1. The van der Waals surface area contributed by atoms with E-state index < -0.39 is 0 Å². The fraction of sp³-hybridized carbons (Fsp3) is 0.909. The topological polar surface area (TPSA) is 64.3 Å². The third-order valence-electron chi connectivity index (χ3n) is 3.24. The fourth-order valence-corrected chi connectivity index (χ4v) is 2.11. The van der Waals surface area contributed by atoms with Gasteiger partial charge in [-0.15, -0.1) is 0 Å². The zero-order chi connectivity index (χ0) is 11.3. The van der Waals surface area contributed by atoms with E-state index in [0.29, 0.717) is 13.2 Å². The Kier molecular flexibility index (Phi) is 4.54. The predicted octanol–water partition coefficient (Wildman–Crippen LogP) is 0.657. The van der Waals surface area contributed by atoms with Gasteiger partial charge in [0.1, 0.15) is 0 Å². The monoisotopic (exact) mass is 214 g/mol. The van der Waals surface area contributed by atoms with Crippen molar-refractivity contribution in [2.24, 2.45) is 11.1 Å². The number of methoxy groups -OCH3 is 1. The molecule has 1 aliphatic carbocycles. The average molecular weight is 214 g/mol. The molecule has 0 aliphatic heterocycles. The Morgan fingerprint density at radius 2 is 2.13 bits per heavy atom. The zero-order valence-electron chi connectivity index (χ0n) is 9.71. The molecule has 0 aromatic rings. The molecule has 0 aromatic carbocycles. The smallest absolute Gasteiger partial charge is 0.226 e. The Morgan fingerprint density at radius 1 is 1.53 bits per heavy atom. The highest BCUT2D eigenvalue weighted by Gasteiger charge is 2.36. The lowest BCUT2D eigenvalue weighted by Gasteiger charge is -2.25. The summed E-state index contributed by atoms with van der Waals surface area (Å²) in [5.74, 6) is 0.132. The van der Waals surface area contributed by atoms with Gasteiger partial charge in [0.25, 0.3) is 0 Å². The van der Waals surface area contributed by atoms with E-state index in [1.165, 1.54) is 0 Å². The minimum absolute atomic E-state index is 0.0556. The van der Waals surface area contributed by atoms with Gasteiger partial charge in [0.15, 0.2) is 0 Å². The first-order valence-corrected chi connectivity index (χ1v) is 5.62. The van der Waals surface area contributed by atoms with Gasteiger partial charge in [-0.25, -0.2) is 0 Å². The number of amides is 1. The molecule has 0 bridgehead atoms. The lowest BCUT2D eigenvalue weighted by atomic mass is 9.87. The molecule has 1 amide bonds. The van der Waals surface area contributed by atoms with Crippen molar-refractivity contribution in [1.29, 1.82) is 0 Å². The number of carbonyl (C=O) groups excluding carboxylic acids is 1. The van der Waals surface area contributed by atoms with Crippen molar-refractivity contribution in [2.75, 3.05) is 20.3 Å². The largest absolute Gasteiger partial charge is 0.383 e. The Bertz CT molecular complexity index is 213. The molecule has 4 heteroatoms. The number of nitrogens with one attached hydrogen (secondary N) is 1. The van der Waals surface area contributed by atoms with Crippen LogP contribution in [-0.2, 0) is 9.53 Å². The van der Waals surface area contributed by atoms with Crippen LogP contribution in [0.15, 0.2) is 0 Å². The van der Waals surface area contributed by atoms with E-state index in [1.54, 1.807) is 7.11 Å². The summed E-state index contributed by atoms with van der Waals surface area (Å²) >= 11 is 0. The van der Waals surface area contributed by atoms with Crippen molar-refractivity contribution < 1.29 is 9.53 Å². The Labute approximate surface area is 91.5 Å². The molecule has 0 heterocycles. The van der Waals surface area contributed by atoms with E-state index >= 15 is 0 Å². The summed E-state index contributed by atoms with van der Waals surface area (Å²) in [5.41, 5.74) is 5.37. The standard InChI is InChI=1S/C11H22N2O2/c1-11(5-3-4-6-11)10(14)13-9(7-12)8-15-2/h9H,3-8,12H2,1-2H3,(H,13,14). The number of hydrogen-bond donors (Lipinski definition) is 2. The number of ether oxygens (including phenoxy) is 1. The molecule has 1 aliphatic rings. The molecule has 1 rings (SSSR count). The van der Waals surface area contributed by atoms with Gasteiger partial charge in [-0.2, -0.15) is 0 Å². The maximum Gasteiger partial charge on any atom is 0.226 e. The quantitative estimate of drug-likeness (QED) is 0.706. The lowest BCUT2D eigenvalue weighted by molar-refractivity contribution is -0.131. The molecule has 0 aromatic heterocycles. The minimum atomic E-state index is -0.179. The number of nitrogens with two attached hydrogens (primary N) is 1. The molecular weight excluding hydrogens is 192 g/mol. The third-order valence-corrected chi connectivity index (χ3v) is 3.24. The van der Waals surface area contributed by atoms with Crippen molar-refractivity contribution in [3.63, 3.8) is 0 Å². The minimum Gasteiger partial charge on any atom is -0.383 e. The highest BCUT2D eigenvalue weighted by molar-refractivity contribution is 5.82. The van der Waals surface area contributed by atoms with Gasteiger partial charge in [-0.3, -0.25) is 4.79 Å². The van der Waals surface area contributed by atoms with E-state index in [2.05, 4.69) is 5.32 Å². The van der Waals surface area contributed by atoms with Crippen LogP contribution in [0.4, 0.5) is 0 Å². The van der Waals surface area contributed by atoms with Crippen molar-refractivity contribution in [2.45, 2.75) is 38.6 Å². The first-order chi connectivity index (χ1) is 7.12. The maximum atomic E-state index is 12.0. The molecule has 0 spiro atoms. The van der Waals surface area contributed by atoms with Crippen LogP contribution in [-0.4, -0.2) is 32.2 Å². The molecule has 15 heavy (non-hydrogen) atoms. The molecule has 1 saturated carbocycles. The summed E-state index contributed by atoms with van der Waals surface area (Å²) in [4.78, 5) is 12.0. The van der Waals surface area contributed by atoms with Crippen LogP contribution in [0.2, 0.25) is 0 Å². The fourth-order valence-electron chi connectivity index (χ4n) is 2.11. The number of rotatable bonds is 5. The molecule has 1 fully saturated rings. The third kappa shape index (κ3) is 3.18. The summed E-state index contributed by atoms with van der Waals surface area (Å²) in [6.45, 7) is 2.95. The van der Waals surface area contributed by atoms with Gasteiger partial charge < -0.3 is 15.8 Å². The van der Waals surface area contributed by atoms with E-state index in [4.69, 9.17) is 10.5 Å². The van der Waals surface area contributed by atoms with Gasteiger partial charge in [-0.05, 0) is 12.8 Å². The van der Waals surface area contributed by atoms with Crippen LogP contribution >= 0.6 is 0 Å². The van der Waals surface area contributed by atoms with Gasteiger partial charge >= 0.3 is 0 Å². The summed E-state index contributed by atoms with van der Waals surface area (Å²) in [5, 5.41) is 2.96. The van der Waals surface area contributed by atoms with E-state index in [0.717, 1.165) is 25.7 Å². The van der Waals surface area contributed by atoms with E-state index in [1.807, 2.05) is 6.92 Å². The molecule has 4 nitrogen and oxygen atoms in total. The van der Waals surface area contributed by atoms with Crippen LogP contribution in [0, 0.1) is 5.41 Å². The molecular formula is C11H22N2O2. The SMILES string of the molecule is COCC(CN)NC(=O)C1(C)CCCC1. The average Bonchev–Trinajstić information content (AvgIpc) is 2.65. The molecule has 1 atom stereocenters. The first kappa shape index (κ1) is 12.5. The molecule has 0 saturated heterocycles. The highest BCUT2D eigenvalue weighted by Crippen LogP contribution is 2.37. The summed E-state index contributed by atoms with van der Waals surface area (Å²) < 4.78 is 5.00. The Morgan fingerprint density at radius 3 is 2.60 bits per heavy atom. The van der Waals surface area contributed by atoms with Crippen LogP contribution < -0.4 is 11.1 Å². The van der Waals surface area contributed by atoms with Crippen LogP contribution in [0.1, 0.15) is 32.6 Å². The van der Waals surface area contributed by atoms with Gasteiger partial charge in [0, 0.05) is 19.1 Å². The van der Waals surface area contributed by atoms with Gasteiger partial charge in [-0.1, -0.05) is 19.8 Å². The second kappa shape index (κ2) is 5.47. The summed E-state index contributed by atoms with van der Waals surface area (Å²) in [7, 11) is 1.62. The molecule has 3 N–H and O–H groups in total. The Balaban J connectivity index is 2.45. The zero-order valence-corrected chi connectivity index (χ0v) is 9.71. The highest BCUT2D eigenvalue weighted by atomic mass is 16.5. The van der Waals surface area contributed by atoms with Crippen LogP contribution in [0.5, 0.6) is 0 Å². The Hall–Kier alpha value is -0.610. The lowest BCUT2D eigenvalue weighted by Crippen LogP contribution is -2.48. The molecule has 0 radical (unpaired) electrons. The summed E-state index contributed by atoms with van der Waals surface area (Å²) in [6.07, 6.45) is 4.29. The first-order valence-electron chi connectivity index (χ1n) is 5.62. The second-order valence-electron chi connectivity index (χ2n) is 4.63. The maximum absolute atomic E-state index is 12.0. The molecule has 1 unspecified atom stereocenters. The number of hydrogen-bond acceptors (Lipinski definition) is 3. The van der Waals surface area contributed by atoms with Crippen molar-refractivity contribution in [3.8, 4) is 0 Å². The van der Waals surface area contributed by atoms with Crippen LogP contribution in [0.25, 0.3) is 0 Å². The van der Waals surface area contributed by atoms with Crippen molar-refractivity contribution in [3.05, 3.63) is 0 Å². The normalized spacial score (nSPS) is 21.3. The van der Waals surface area contributed by atoms with Crippen molar-refractivity contribution in [1.82, 2.24) is 5.32 Å². The summed E-state index contributed by atoms with van der Waals surface area (Å²) in [6, 6.07) is -0.0556.